The second kappa shape index (κ2) is 10.3. The summed E-state index contributed by atoms with van der Waals surface area (Å²) < 4.78 is 38.5. The van der Waals surface area contributed by atoms with Gasteiger partial charge >= 0.3 is 0 Å². The molecule has 0 fully saturated rings. The molecular weight excluding hydrogens is 535 g/mol. The number of carbonyl (C=O) groups excluding carboxylic acids is 1. The van der Waals surface area contributed by atoms with Gasteiger partial charge in [-0.25, -0.2) is 13.9 Å². The summed E-state index contributed by atoms with van der Waals surface area (Å²) in [5.41, 5.74) is 3.32. The van der Waals surface area contributed by atoms with Gasteiger partial charge in [-0.2, -0.15) is 0 Å². The minimum absolute atomic E-state index is 0.218. The summed E-state index contributed by atoms with van der Waals surface area (Å²) in [6.07, 6.45) is 1.77. The van der Waals surface area contributed by atoms with E-state index in [1.54, 1.807) is 68.3 Å². The lowest BCUT2D eigenvalue weighted by molar-refractivity contribution is 0.102. The van der Waals surface area contributed by atoms with Crippen molar-refractivity contribution in [2.45, 2.75) is 13.5 Å². The number of anilines is 1. The number of fused-ring (bicyclic) bond motifs is 2. The first-order chi connectivity index (χ1) is 19.4. The molecule has 202 valence electrons. The fourth-order valence-electron chi connectivity index (χ4n) is 4.17. The Morgan fingerprint density at radius 3 is 2.75 bits per heavy atom. The molecule has 0 aliphatic rings. The highest BCUT2D eigenvalue weighted by Gasteiger charge is 2.17. The average molecular weight is 559 g/mol. The van der Waals surface area contributed by atoms with Gasteiger partial charge in [0.1, 0.15) is 35.2 Å². The zero-order chi connectivity index (χ0) is 27.8. The number of nitrogens with one attached hydrogen (secondary N) is 1. The number of aromatic nitrogens is 3. The predicted octanol–water partition coefficient (Wildman–Crippen LogP) is 6.50. The molecule has 9 nitrogen and oxygen atoms in total. The molecule has 0 radical (unpaired) electrons. The zero-order valence-electron chi connectivity index (χ0n) is 21.7. The fourth-order valence-corrected chi connectivity index (χ4v) is 4.87. The van der Waals surface area contributed by atoms with Crippen molar-refractivity contribution in [3.8, 4) is 28.1 Å². The van der Waals surface area contributed by atoms with Crippen LogP contribution in [0.3, 0.4) is 0 Å². The van der Waals surface area contributed by atoms with Gasteiger partial charge in [0.05, 0.1) is 25.8 Å². The van der Waals surface area contributed by atoms with Crippen LogP contribution in [0.2, 0.25) is 0 Å². The second-order valence-corrected chi connectivity index (χ2v) is 9.90. The monoisotopic (exact) mass is 558 g/mol. The van der Waals surface area contributed by atoms with Crippen LogP contribution in [0.25, 0.3) is 27.4 Å². The summed E-state index contributed by atoms with van der Waals surface area (Å²) >= 11 is 1.33. The van der Waals surface area contributed by atoms with Crippen LogP contribution in [-0.4, -0.2) is 34.7 Å². The average Bonchev–Trinajstić information content (AvgIpc) is 3.66. The van der Waals surface area contributed by atoms with Crippen LogP contribution in [-0.2, 0) is 6.61 Å². The molecule has 0 saturated heterocycles. The highest BCUT2D eigenvalue weighted by molar-refractivity contribution is 7.18. The third-order valence-corrected chi connectivity index (χ3v) is 7.16. The molecule has 1 amide bonds. The molecule has 3 aromatic heterocycles. The molecule has 3 aromatic carbocycles. The molecule has 0 spiro atoms. The number of amides is 1. The SMILES string of the molecule is COc1cc(OCc2cccc(NC(=O)c3ccc(C)c(F)c3)c2)c2cc(-c3cn4nc(OC)sc4n3)oc2c1. The third-order valence-electron chi connectivity index (χ3n) is 6.27. The van der Waals surface area contributed by atoms with E-state index in [0.717, 1.165) is 10.9 Å². The van der Waals surface area contributed by atoms with Crippen molar-refractivity contribution in [1.82, 2.24) is 14.6 Å². The highest BCUT2D eigenvalue weighted by atomic mass is 32.1. The quantitative estimate of drug-likeness (QED) is 0.228. The third kappa shape index (κ3) is 4.94. The zero-order valence-corrected chi connectivity index (χ0v) is 22.5. The molecule has 0 aliphatic carbocycles. The van der Waals surface area contributed by atoms with Crippen LogP contribution in [0, 0.1) is 12.7 Å². The molecule has 1 N–H and O–H groups in total. The number of hydrogen-bond donors (Lipinski definition) is 1. The number of aryl methyl sites for hydroxylation is 1. The normalized spacial score (nSPS) is 11.2. The number of carbonyl (C=O) groups is 1. The van der Waals surface area contributed by atoms with Gasteiger partial charge < -0.3 is 23.9 Å². The molecule has 11 heteroatoms. The summed E-state index contributed by atoms with van der Waals surface area (Å²) in [6.45, 7) is 1.87. The number of rotatable bonds is 8. The van der Waals surface area contributed by atoms with E-state index in [2.05, 4.69) is 15.4 Å². The highest BCUT2D eigenvalue weighted by Crippen LogP contribution is 2.37. The van der Waals surface area contributed by atoms with Gasteiger partial charge in [0.25, 0.3) is 11.1 Å². The van der Waals surface area contributed by atoms with Gasteiger partial charge in [-0.3, -0.25) is 4.79 Å². The Bertz CT molecular complexity index is 1840. The maximum absolute atomic E-state index is 13.9. The fraction of sp³-hybridized carbons (Fsp3) is 0.138. The Hall–Kier alpha value is -4.90. The molecule has 0 saturated carbocycles. The smallest absolute Gasteiger partial charge is 0.294 e. The molecule has 40 heavy (non-hydrogen) atoms. The molecule has 6 rings (SSSR count). The van der Waals surface area contributed by atoms with Crippen molar-refractivity contribution in [2.75, 3.05) is 19.5 Å². The van der Waals surface area contributed by atoms with Crippen molar-refractivity contribution >= 4 is 38.9 Å². The van der Waals surface area contributed by atoms with Crippen LogP contribution in [0.15, 0.2) is 71.3 Å². The molecular formula is C29H23FN4O5S. The summed E-state index contributed by atoms with van der Waals surface area (Å²) in [6, 6.07) is 17.1. The Morgan fingerprint density at radius 2 is 1.98 bits per heavy atom. The van der Waals surface area contributed by atoms with E-state index in [9.17, 15) is 9.18 Å². The topological polar surface area (TPSA) is 100 Å². The van der Waals surface area contributed by atoms with Crippen molar-refractivity contribution in [2.24, 2.45) is 0 Å². The van der Waals surface area contributed by atoms with Crippen LogP contribution in [0.4, 0.5) is 10.1 Å². The number of hydrogen-bond acceptors (Lipinski definition) is 8. The Labute approximate surface area is 231 Å². The molecule has 3 heterocycles. The summed E-state index contributed by atoms with van der Waals surface area (Å²) in [5, 5.41) is 8.39. The Morgan fingerprint density at radius 1 is 1.10 bits per heavy atom. The number of imidazole rings is 1. The van der Waals surface area contributed by atoms with E-state index >= 15 is 0 Å². The number of halogens is 1. The lowest BCUT2D eigenvalue weighted by Crippen LogP contribution is -2.12. The minimum atomic E-state index is -0.425. The van der Waals surface area contributed by atoms with E-state index in [-0.39, 0.29) is 12.2 Å². The number of nitrogens with zero attached hydrogens (tertiary/aromatic N) is 3. The Kier molecular flexibility index (Phi) is 6.56. The lowest BCUT2D eigenvalue weighted by atomic mass is 10.1. The molecule has 0 aliphatic heterocycles. The van der Waals surface area contributed by atoms with Crippen LogP contribution < -0.4 is 19.5 Å². The summed E-state index contributed by atoms with van der Waals surface area (Å²) in [5.74, 6) is 0.875. The van der Waals surface area contributed by atoms with Gasteiger partial charge in [-0.05, 0) is 59.7 Å². The summed E-state index contributed by atoms with van der Waals surface area (Å²) in [7, 11) is 3.14. The summed E-state index contributed by atoms with van der Waals surface area (Å²) in [4.78, 5) is 17.9. The van der Waals surface area contributed by atoms with Crippen LogP contribution >= 0.6 is 11.3 Å². The number of benzene rings is 3. The largest absolute Gasteiger partial charge is 0.496 e. The van der Waals surface area contributed by atoms with E-state index in [0.29, 0.717) is 49.9 Å². The van der Waals surface area contributed by atoms with Gasteiger partial charge in [-0.1, -0.05) is 18.2 Å². The van der Waals surface area contributed by atoms with Gasteiger partial charge in [0, 0.05) is 23.4 Å². The van der Waals surface area contributed by atoms with Gasteiger partial charge in [0.2, 0.25) is 4.96 Å². The maximum Gasteiger partial charge on any atom is 0.294 e. The molecule has 0 atom stereocenters. The van der Waals surface area contributed by atoms with Crippen molar-refractivity contribution < 1.29 is 27.8 Å². The van der Waals surface area contributed by atoms with Crippen LogP contribution in [0.5, 0.6) is 16.7 Å². The number of furan rings is 1. The Balaban J connectivity index is 1.22. The lowest BCUT2D eigenvalue weighted by Gasteiger charge is -2.11. The van der Waals surface area contributed by atoms with E-state index in [1.165, 1.54) is 17.4 Å². The second-order valence-electron chi connectivity index (χ2n) is 8.98. The number of methoxy groups -OCH3 is 2. The van der Waals surface area contributed by atoms with Gasteiger partial charge in [0.15, 0.2) is 5.76 Å². The van der Waals surface area contributed by atoms with E-state index < -0.39 is 11.7 Å². The van der Waals surface area contributed by atoms with Crippen molar-refractivity contribution in [3.63, 3.8) is 0 Å². The van der Waals surface area contributed by atoms with Crippen molar-refractivity contribution in [3.05, 3.63) is 89.4 Å². The first kappa shape index (κ1) is 25.4. The first-order valence-corrected chi connectivity index (χ1v) is 13.0. The predicted molar refractivity (Wildman–Crippen MR) is 149 cm³/mol. The van der Waals surface area contributed by atoms with Gasteiger partial charge in [-0.15, -0.1) is 5.10 Å². The van der Waals surface area contributed by atoms with E-state index in [4.69, 9.17) is 18.6 Å². The molecule has 0 bridgehead atoms. The van der Waals surface area contributed by atoms with E-state index in [1.807, 2.05) is 18.2 Å². The first-order valence-electron chi connectivity index (χ1n) is 12.2. The van der Waals surface area contributed by atoms with Crippen LogP contribution in [0.1, 0.15) is 21.5 Å². The molecule has 0 unspecified atom stereocenters. The number of ether oxygens (including phenoxy) is 3. The molecule has 6 aromatic rings. The van der Waals surface area contributed by atoms with Crippen molar-refractivity contribution in [1.29, 1.82) is 0 Å². The standard InChI is InChI=1S/C29H23FN4O5S/c1-16-7-8-18(10-22(16)30)27(35)31-19-6-4-5-17(9-19)15-38-24-11-20(36-2)12-25-21(24)13-26(39-25)23-14-34-28(32-23)40-29(33-34)37-3/h4-14H,15H2,1-3H3,(H,31,35). The minimum Gasteiger partial charge on any atom is -0.496 e. The maximum atomic E-state index is 13.9.